The van der Waals surface area contributed by atoms with Crippen molar-refractivity contribution in [1.29, 1.82) is 0 Å². The number of ether oxygens (including phenoxy) is 2. The topological polar surface area (TPSA) is 104 Å². The van der Waals surface area contributed by atoms with Crippen LogP contribution in [0, 0.1) is 27.3 Å². The van der Waals surface area contributed by atoms with Crippen LogP contribution in [0.1, 0.15) is 50.1 Å². The lowest BCUT2D eigenvalue weighted by molar-refractivity contribution is -0.00586. The monoisotopic (exact) mass is 707 g/mol. The Morgan fingerprint density at radius 3 is 1.81 bits per heavy atom. The van der Waals surface area contributed by atoms with Gasteiger partial charge in [0, 0.05) is 43.5 Å². The van der Waals surface area contributed by atoms with E-state index in [9.17, 15) is 19.0 Å². The van der Waals surface area contributed by atoms with E-state index < -0.39 is 11.9 Å². The molecule has 2 fully saturated rings. The van der Waals surface area contributed by atoms with Crippen LogP contribution in [0.2, 0.25) is 0 Å². The molecular formula is C31H36F2IN5O4. The summed E-state index contributed by atoms with van der Waals surface area (Å²) in [6.45, 7) is 10.0. The van der Waals surface area contributed by atoms with Gasteiger partial charge in [-0.25, -0.2) is 15.0 Å². The van der Waals surface area contributed by atoms with Gasteiger partial charge in [-0.1, -0.05) is 12.0 Å². The van der Waals surface area contributed by atoms with Gasteiger partial charge in [-0.3, -0.25) is 0 Å². The summed E-state index contributed by atoms with van der Waals surface area (Å²) in [6, 6.07) is 8.54. The Morgan fingerprint density at radius 1 is 0.814 bits per heavy atom. The summed E-state index contributed by atoms with van der Waals surface area (Å²) < 4.78 is 39.8. The van der Waals surface area contributed by atoms with Crippen LogP contribution in [0.15, 0.2) is 36.5 Å². The van der Waals surface area contributed by atoms with E-state index in [4.69, 9.17) is 9.47 Å². The quantitative estimate of drug-likeness (QED) is 0.236. The van der Waals surface area contributed by atoms with E-state index in [-0.39, 0.29) is 43.2 Å². The molecule has 5 heterocycles. The number of nitrogens with zero attached hydrogens (tertiary/aromatic N) is 5. The van der Waals surface area contributed by atoms with E-state index in [1.807, 2.05) is 66.2 Å². The van der Waals surface area contributed by atoms with Crippen molar-refractivity contribution in [2.45, 2.75) is 65.3 Å². The van der Waals surface area contributed by atoms with Gasteiger partial charge in [0.15, 0.2) is 0 Å². The summed E-state index contributed by atoms with van der Waals surface area (Å²) >= 11 is 1.88. The molecule has 3 aromatic rings. The summed E-state index contributed by atoms with van der Waals surface area (Å²) in [7, 11) is 0. The zero-order valence-electron chi connectivity index (χ0n) is 24.6. The maximum atomic E-state index is 14.4. The summed E-state index contributed by atoms with van der Waals surface area (Å²) in [5, 5.41) is 19.1. The van der Waals surface area contributed by atoms with Gasteiger partial charge < -0.3 is 29.5 Å². The number of aromatic nitrogens is 3. The normalized spacial score (nSPS) is 21.9. The summed E-state index contributed by atoms with van der Waals surface area (Å²) in [6.07, 6.45) is 1.81. The highest BCUT2D eigenvalue weighted by Gasteiger charge is 2.27. The number of rotatable bonds is 4. The average molecular weight is 708 g/mol. The fourth-order valence-electron chi connectivity index (χ4n) is 5.16. The predicted molar refractivity (Wildman–Crippen MR) is 168 cm³/mol. The Labute approximate surface area is 264 Å². The van der Waals surface area contributed by atoms with Crippen LogP contribution in [-0.2, 0) is 22.7 Å². The minimum absolute atomic E-state index is 0.0174. The third-order valence-electron chi connectivity index (χ3n) is 6.79. The van der Waals surface area contributed by atoms with Crippen molar-refractivity contribution in [2.75, 3.05) is 36.0 Å². The Balaban J connectivity index is 0.000000208. The first-order valence-electron chi connectivity index (χ1n) is 14.1. The molecule has 2 aliphatic heterocycles. The molecule has 0 aliphatic carbocycles. The average Bonchev–Trinajstić information content (AvgIpc) is 2.97. The van der Waals surface area contributed by atoms with Gasteiger partial charge in [-0.2, -0.15) is 8.78 Å². The van der Waals surface area contributed by atoms with Crippen molar-refractivity contribution in [3.05, 3.63) is 74.4 Å². The fourth-order valence-corrected chi connectivity index (χ4v) is 5.65. The van der Waals surface area contributed by atoms with Gasteiger partial charge in [0.25, 0.3) is 0 Å². The second-order valence-corrected chi connectivity index (χ2v) is 11.8. The zero-order chi connectivity index (χ0) is 31.1. The van der Waals surface area contributed by atoms with Crippen molar-refractivity contribution in [1.82, 2.24) is 15.0 Å². The maximum absolute atomic E-state index is 14.4. The highest BCUT2D eigenvalue weighted by atomic mass is 127. The van der Waals surface area contributed by atoms with Crippen LogP contribution < -0.4 is 9.80 Å². The fraction of sp³-hybridized carbons (Fsp3) is 0.452. The molecule has 43 heavy (non-hydrogen) atoms. The smallest absolute Gasteiger partial charge is 0.230 e. The molecule has 2 saturated heterocycles. The van der Waals surface area contributed by atoms with E-state index in [1.165, 1.54) is 0 Å². The molecule has 0 unspecified atom stereocenters. The first kappa shape index (κ1) is 32.9. The van der Waals surface area contributed by atoms with Crippen LogP contribution in [0.25, 0.3) is 0 Å². The van der Waals surface area contributed by atoms with Gasteiger partial charge >= 0.3 is 0 Å². The third kappa shape index (κ3) is 8.79. The van der Waals surface area contributed by atoms with Crippen LogP contribution in [0.5, 0.6) is 0 Å². The van der Waals surface area contributed by atoms with E-state index in [0.717, 1.165) is 0 Å². The molecule has 9 nitrogen and oxygen atoms in total. The SMILES string of the molecule is C[C@@H]1CN(c2nc(F)c(C#Cc3ccccn3)cc2CO)C[C@H](C)O1.C[C@@H]1CN(c2nc(F)c(I)cc2CO)C[C@H](C)O1. The molecule has 2 aliphatic rings. The minimum Gasteiger partial charge on any atom is -0.392 e. The molecule has 5 rings (SSSR count). The molecule has 230 valence electrons. The Kier molecular flexibility index (Phi) is 11.6. The number of aliphatic hydroxyl groups is 2. The van der Waals surface area contributed by atoms with E-state index in [0.29, 0.717) is 58.2 Å². The maximum Gasteiger partial charge on any atom is 0.230 e. The zero-order valence-corrected chi connectivity index (χ0v) is 26.8. The van der Waals surface area contributed by atoms with Gasteiger partial charge in [-0.05, 0) is 80.5 Å². The second-order valence-electron chi connectivity index (χ2n) is 10.7. The van der Waals surface area contributed by atoms with Crippen molar-refractivity contribution in [3.8, 4) is 11.8 Å². The molecule has 4 atom stereocenters. The lowest BCUT2D eigenvalue weighted by Gasteiger charge is -2.36. The van der Waals surface area contributed by atoms with Crippen molar-refractivity contribution in [3.63, 3.8) is 0 Å². The molecule has 0 aromatic carbocycles. The highest BCUT2D eigenvalue weighted by molar-refractivity contribution is 14.1. The Hall–Kier alpha value is -2.96. The second kappa shape index (κ2) is 15.2. The summed E-state index contributed by atoms with van der Waals surface area (Å²) in [4.78, 5) is 16.1. The van der Waals surface area contributed by atoms with Crippen molar-refractivity contribution >= 4 is 34.2 Å². The summed E-state index contributed by atoms with van der Waals surface area (Å²) in [5.41, 5.74) is 1.90. The number of anilines is 2. The molecule has 0 saturated carbocycles. The largest absolute Gasteiger partial charge is 0.392 e. The van der Waals surface area contributed by atoms with Gasteiger partial charge in [0.05, 0.1) is 46.8 Å². The van der Waals surface area contributed by atoms with E-state index in [1.54, 1.807) is 30.5 Å². The first-order chi connectivity index (χ1) is 20.6. The summed E-state index contributed by atoms with van der Waals surface area (Å²) in [5.74, 6) is 5.39. The standard InChI is InChI=1S/C19H20FN3O2.C12H16FIN2O2/c1-13-10-23(11-14(2)25-13)19-16(12-24)9-15(18(20)22-19)6-7-17-5-3-4-8-21-17;1-7-4-16(5-8(2)18-7)12-9(6-17)3-10(14)11(13)15-12/h3-5,8-9,13-14,24H,10-12H2,1-2H3;3,7-8,17H,4-6H2,1-2H3/t13-,14+;7-,8+. The van der Waals surface area contributed by atoms with E-state index >= 15 is 0 Å². The molecule has 2 N–H and O–H groups in total. The Morgan fingerprint density at radius 2 is 1.33 bits per heavy atom. The predicted octanol–water partition coefficient (Wildman–Crippen LogP) is 4.05. The molecular weight excluding hydrogens is 671 g/mol. The van der Waals surface area contributed by atoms with Crippen molar-refractivity contribution in [2.24, 2.45) is 0 Å². The highest BCUT2D eigenvalue weighted by Crippen LogP contribution is 2.26. The molecule has 0 radical (unpaired) electrons. The molecule has 12 heteroatoms. The number of hydrogen-bond acceptors (Lipinski definition) is 9. The van der Waals surface area contributed by atoms with Crippen molar-refractivity contribution < 1.29 is 28.5 Å². The number of aliphatic hydroxyl groups excluding tert-OH is 2. The first-order valence-corrected chi connectivity index (χ1v) is 15.2. The number of morpholine rings is 2. The lowest BCUT2D eigenvalue weighted by Crippen LogP contribution is -2.46. The lowest BCUT2D eigenvalue weighted by atomic mass is 10.1. The van der Waals surface area contributed by atoms with Gasteiger partial charge in [-0.15, -0.1) is 0 Å². The number of hydrogen-bond donors (Lipinski definition) is 2. The molecule has 0 bridgehead atoms. The molecule has 3 aromatic heterocycles. The third-order valence-corrected chi connectivity index (χ3v) is 7.55. The molecule has 0 amide bonds. The number of halogens is 3. The van der Waals surface area contributed by atoms with Crippen LogP contribution >= 0.6 is 22.6 Å². The minimum atomic E-state index is -0.651. The van der Waals surface area contributed by atoms with E-state index in [2.05, 4.69) is 26.8 Å². The molecule has 0 spiro atoms. The van der Waals surface area contributed by atoms with Crippen LogP contribution in [0.4, 0.5) is 20.4 Å². The number of pyridine rings is 3. The van der Waals surface area contributed by atoms with Crippen LogP contribution in [0.3, 0.4) is 0 Å². The van der Waals surface area contributed by atoms with Crippen LogP contribution in [-0.4, -0.2) is 75.8 Å². The van der Waals surface area contributed by atoms with Gasteiger partial charge in [0.2, 0.25) is 11.9 Å². The van der Waals surface area contributed by atoms with Gasteiger partial charge in [0.1, 0.15) is 17.3 Å². The Bertz CT molecular complexity index is 1440.